The van der Waals surface area contributed by atoms with Crippen molar-refractivity contribution >= 4 is 16.1 Å². The fourth-order valence-electron chi connectivity index (χ4n) is 4.74. The molecule has 174 valence electrons. The minimum absolute atomic E-state index is 0.0571. The van der Waals surface area contributed by atoms with Crippen LogP contribution in [-0.2, 0) is 14.8 Å². The number of urea groups is 1. The summed E-state index contributed by atoms with van der Waals surface area (Å²) in [6.45, 7) is 3.24. The Bertz CT molecular complexity index is 843. The van der Waals surface area contributed by atoms with Crippen LogP contribution >= 0.6 is 0 Å². The molecule has 1 heterocycles. The van der Waals surface area contributed by atoms with Crippen molar-refractivity contribution in [2.45, 2.75) is 69.6 Å². The van der Waals surface area contributed by atoms with Crippen LogP contribution in [0.5, 0.6) is 0 Å². The van der Waals surface area contributed by atoms with Crippen molar-refractivity contribution in [3.8, 4) is 0 Å². The Hall–Kier alpha value is -1.71. The molecule has 2 amide bonds. The molecule has 2 atom stereocenters. The summed E-state index contributed by atoms with van der Waals surface area (Å²) in [6.07, 6.45) is 6.17. The summed E-state index contributed by atoms with van der Waals surface area (Å²) >= 11 is 0. The van der Waals surface area contributed by atoms with Gasteiger partial charge in [0.05, 0.1) is 25.0 Å². The number of likely N-dealkylation sites (tertiary alicyclic amines) is 1. The summed E-state index contributed by atoms with van der Waals surface area (Å²) < 4.78 is 46.1. The number of halogens is 1. The van der Waals surface area contributed by atoms with Crippen molar-refractivity contribution in [3.63, 3.8) is 0 Å². The van der Waals surface area contributed by atoms with Gasteiger partial charge in [-0.2, -0.15) is 0 Å². The lowest BCUT2D eigenvalue weighted by atomic mass is 9.82. The monoisotopic (exact) mass is 455 g/mol. The largest absolute Gasteiger partial charge is 0.376 e. The van der Waals surface area contributed by atoms with Gasteiger partial charge in [0.1, 0.15) is 5.82 Å². The maximum absolute atomic E-state index is 13.5. The Labute approximate surface area is 184 Å². The molecule has 7 nitrogen and oxygen atoms in total. The van der Waals surface area contributed by atoms with Crippen LogP contribution < -0.4 is 10.0 Å². The number of benzene rings is 1. The average Bonchev–Trinajstić information content (AvgIpc) is 2.72. The second kappa shape index (κ2) is 10.7. The number of nitrogens with zero attached hydrogens (tertiary/aromatic N) is 1. The summed E-state index contributed by atoms with van der Waals surface area (Å²) in [5.41, 5.74) is 1.03. The number of carbonyl (C=O) groups is 1. The van der Waals surface area contributed by atoms with E-state index in [1.165, 1.54) is 6.07 Å². The van der Waals surface area contributed by atoms with Crippen LogP contribution in [0, 0.1) is 5.82 Å². The Balaban J connectivity index is 1.60. The highest BCUT2D eigenvalue weighted by Gasteiger charge is 2.36. The number of hydrogen-bond acceptors (Lipinski definition) is 4. The molecule has 0 spiro atoms. The van der Waals surface area contributed by atoms with Gasteiger partial charge in [-0.3, -0.25) is 0 Å². The van der Waals surface area contributed by atoms with Gasteiger partial charge in [-0.1, -0.05) is 12.1 Å². The van der Waals surface area contributed by atoms with E-state index < -0.39 is 10.0 Å². The molecule has 1 saturated carbocycles. The Morgan fingerprint density at radius 2 is 1.97 bits per heavy atom. The highest BCUT2D eigenvalue weighted by Crippen LogP contribution is 2.34. The second-order valence-corrected chi connectivity index (χ2v) is 10.4. The van der Waals surface area contributed by atoms with Crippen LogP contribution in [0.3, 0.4) is 0 Å². The zero-order valence-corrected chi connectivity index (χ0v) is 19.2. The molecule has 1 aliphatic heterocycles. The van der Waals surface area contributed by atoms with Gasteiger partial charge in [0, 0.05) is 19.1 Å². The first kappa shape index (κ1) is 23.9. The van der Waals surface area contributed by atoms with Crippen molar-refractivity contribution in [2.75, 3.05) is 26.0 Å². The second-order valence-electron chi connectivity index (χ2n) is 8.60. The number of hydrogen-bond donors (Lipinski definition) is 2. The number of rotatable bonds is 7. The SMILES string of the molecule is CCNC(=O)N1CCC[C@@H](NS(C)(=O)=O)[C@@H]1COC1CCC(c2cccc(F)c2)CC1. The van der Waals surface area contributed by atoms with Gasteiger partial charge in [0.2, 0.25) is 10.0 Å². The highest BCUT2D eigenvalue weighted by molar-refractivity contribution is 7.88. The van der Waals surface area contributed by atoms with Crippen molar-refractivity contribution < 1.29 is 22.3 Å². The predicted octanol–water partition coefficient (Wildman–Crippen LogP) is 2.98. The number of ether oxygens (including phenoxy) is 1. The van der Waals surface area contributed by atoms with E-state index in [-0.39, 0.29) is 30.0 Å². The van der Waals surface area contributed by atoms with Gasteiger partial charge in [-0.15, -0.1) is 0 Å². The van der Waals surface area contributed by atoms with Crippen LogP contribution in [-0.4, -0.2) is 63.5 Å². The molecule has 1 aromatic rings. The molecule has 0 radical (unpaired) electrons. The van der Waals surface area contributed by atoms with Crippen LogP contribution in [0.1, 0.15) is 56.9 Å². The fraction of sp³-hybridized carbons (Fsp3) is 0.682. The zero-order chi connectivity index (χ0) is 22.4. The van der Waals surface area contributed by atoms with Gasteiger partial charge in [0.15, 0.2) is 0 Å². The molecule has 1 aromatic carbocycles. The van der Waals surface area contributed by atoms with E-state index in [2.05, 4.69) is 10.0 Å². The van der Waals surface area contributed by atoms with E-state index in [1.807, 2.05) is 13.0 Å². The summed E-state index contributed by atoms with van der Waals surface area (Å²) in [7, 11) is -3.40. The number of amides is 2. The first-order valence-corrected chi connectivity index (χ1v) is 13.0. The van der Waals surface area contributed by atoms with Gasteiger partial charge in [-0.25, -0.2) is 22.3 Å². The van der Waals surface area contributed by atoms with Gasteiger partial charge in [0.25, 0.3) is 0 Å². The summed E-state index contributed by atoms with van der Waals surface area (Å²) in [6, 6.07) is 5.89. The first-order chi connectivity index (χ1) is 14.8. The molecule has 9 heteroatoms. The molecule has 2 aliphatic rings. The van der Waals surface area contributed by atoms with Crippen molar-refractivity contribution in [3.05, 3.63) is 35.6 Å². The third kappa shape index (κ3) is 6.89. The predicted molar refractivity (Wildman–Crippen MR) is 118 cm³/mol. The third-order valence-corrected chi connectivity index (χ3v) is 6.96. The molecule has 3 rings (SSSR count). The van der Waals surface area contributed by atoms with E-state index in [9.17, 15) is 17.6 Å². The first-order valence-electron chi connectivity index (χ1n) is 11.2. The van der Waals surface area contributed by atoms with E-state index in [0.717, 1.165) is 43.9 Å². The Morgan fingerprint density at radius 3 is 2.61 bits per heavy atom. The topological polar surface area (TPSA) is 87.7 Å². The summed E-state index contributed by atoms with van der Waals surface area (Å²) in [4.78, 5) is 14.3. The molecule has 1 aliphatic carbocycles. The van der Waals surface area contributed by atoms with Crippen molar-refractivity contribution in [2.24, 2.45) is 0 Å². The van der Waals surface area contributed by atoms with Crippen LogP contribution in [0.25, 0.3) is 0 Å². The lowest BCUT2D eigenvalue weighted by Crippen LogP contribution is -2.60. The fourth-order valence-corrected chi connectivity index (χ4v) is 5.56. The van der Waals surface area contributed by atoms with E-state index >= 15 is 0 Å². The number of piperidine rings is 1. The smallest absolute Gasteiger partial charge is 0.317 e. The molecule has 2 N–H and O–H groups in total. The molecule has 0 bridgehead atoms. The minimum atomic E-state index is -3.40. The van der Waals surface area contributed by atoms with E-state index in [0.29, 0.717) is 32.0 Å². The third-order valence-electron chi connectivity index (χ3n) is 6.23. The lowest BCUT2D eigenvalue weighted by molar-refractivity contribution is -0.0173. The number of sulfonamides is 1. The molecule has 0 unspecified atom stereocenters. The van der Waals surface area contributed by atoms with Crippen LogP contribution in [0.4, 0.5) is 9.18 Å². The summed E-state index contributed by atoms with van der Waals surface area (Å²) in [5.74, 6) is 0.125. The van der Waals surface area contributed by atoms with Gasteiger partial charge >= 0.3 is 6.03 Å². The lowest BCUT2D eigenvalue weighted by Gasteiger charge is -2.42. The van der Waals surface area contributed by atoms with Crippen molar-refractivity contribution in [1.82, 2.24) is 14.9 Å². The zero-order valence-electron chi connectivity index (χ0n) is 18.3. The maximum atomic E-state index is 13.5. The van der Waals surface area contributed by atoms with Crippen LogP contribution in [0.2, 0.25) is 0 Å². The Morgan fingerprint density at radius 1 is 1.23 bits per heavy atom. The molecule has 1 saturated heterocycles. The average molecular weight is 456 g/mol. The van der Waals surface area contributed by atoms with Gasteiger partial charge in [-0.05, 0) is 69.1 Å². The van der Waals surface area contributed by atoms with E-state index in [1.54, 1.807) is 17.0 Å². The highest BCUT2D eigenvalue weighted by atomic mass is 32.2. The molecular weight excluding hydrogens is 421 g/mol. The summed E-state index contributed by atoms with van der Waals surface area (Å²) in [5, 5.41) is 2.82. The molecule has 2 fully saturated rings. The Kier molecular flexibility index (Phi) is 8.30. The number of nitrogens with one attached hydrogen (secondary N) is 2. The maximum Gasteiger partial charge on any atom is 0.317 e. The van der Waals surface area contributed by atoms with Crippen LogP contribution in [0.15, 0.2) is 24.3 Å². The molecule has 0 aromatic heterocycles. The minimum Gasteiger partial charge on any atom is -0.376 e. The number of carbonyl (C=O) groups excluding carboxylic acids is 1. The normalized spacial score (nSPS) is 27.1. The van der Waals surface area contributed by atoms with E-state index in [4.69, 9.17) is 4.74 Å². The van der Waals surface area contributed by atoms with Gasteiger partial charge < -0.3 is 15.0 Å². The molecule has 31 heavy (non-hydrogen) atoms. The van der Waals surface area contributed by atoms with Crippen molar-refractivity contribution in [1.29, 1.82) is 0 Å². The molecular formula is C22H34FN3O4S. The standard InChI is InChI=1S/C22H34FN3O4S/c1-3-24-22(27)26-13-5-8-20(25-31(2,28)29)21(26)15-30-19-11-9-16(10-12-19)17-6-4-7-18(23)14-17/h4,6-7,14,16,19-21,25H,3,5,8-13,15H2,1-2H3,(H,24,27)/t16?,19?,20-,21+/m1/s1. The quantitative estimate of drug-likeness (QED) is 0.662.